The standard InChI is InChI=1S/C41H46N8O2Si/c1-29-23-31(48-22-21-39(5,26-48)30-15-9-6-10-16-30)24-49-36(29)42-37(45-49)41-25-40(27-50-41,34(41)35-43-46-47-44-35)28-51-52(38(2,3)4,32-17-11-7-12-18-32)33-19-13-8-14-20-33/h6-20,23-24,34H,21-22,25-28H2,1-5H3,(H,43,44,46,47)/t34?,39-,40?,41?/m0/s1. The van der Waals surface area contributed by atoms with Crippen LogP contribution in [0.4, 0.5) is 5.69 Å². The maximum absolute atomic E-state index is 7.52. The summed E-state index contributed by atoms with van der Waals surface area (Å²) in [6.07, 6.45) is 3.93. The van der Waals surface area contributed by atoms with Crippen LogP contribution in [0.3, 0.4) is 0 Å². The minimum Gasteiger partial charge on any atom is -0.407 e. The summed E-state index contributed by atoms with van der Waals surface area (Å²) in [5, 5.41) is 23.3. The summed E-state index contributed by atoms with van der Waals surface area (Å²) in [5.41, 5.74) is 3.40. The first kappa shape index (κ1) is 33.1. The van der Waals surface area contributed by atoms with Crippen LogP contribution in [0.25, 0.3) is 5.65 Å². The van der Waals surface area contributed by atoms with Gasteiger partial charge < -0.3 is 14.1 Å². The lowest BCUT2D eigenvalue weighted by Crippen LogP contribution is -2.68. The summed E-state index contributed by atoms with van der Waals surface area (Å²) in [5.74, 6) is 1.05. The van der Waals surface area contributed by atoms with Gasteiger partial charge in [-0.15, -0.1) is 15.3 Å². The maximum Gasteiger partial charge on any atom is 0.261 e. The Morgan fingerprint density at radius 1 is 0.962 bits per heavy atom. The molecule has 0 spiro atoms. The molecule has 4 fully saturated rings. The Bertz CT molecular complexity index is 2170. The number of fused-ring (bicyclic) bond motifs is 2. The number of ether oxygens (including phenoxy) is 1. The number of hydrogen-bond acceptors (Lipinski definition) is 8. The predicted molar refractivity (Wildman–Crippen MR) is 204 cm³/mol. The molecule has 2 bridgehead atoms. The molecular weight excluding hydrogens is 665 g/mol. The minimum absolute atomic E-state index is 0.0951. The van der Waals surface area contributed by atoms with Crippen molar-refractivity contribution in [2.45, 2.75) is 69.4 Å². The van der Waals surface area contributed by atoms with Crippen LogP contribution in [0.1, 0.15) is 69.2 Å². The van der Waals surface area contributed by atoms with Crippen molar-refractivity contribution < 1.29 is 9.16 Å². The summed E-state index contributed by atoms with van der Waals surface area (Å²) in [6, 6.07) is 34.7. The Kier molecular flexibility index (Phi) is 7.59. The fourth-order valence-electron chi connectivity index (χ4n) is 9.61. The van der Waals surface area contributed by atoms with Gasteiger partial charge in [0, 0.05) is 30.5 Å². The molecule has 4 atom stereocenters. The summed E-state index contributed by atoms with van der Waals surface area (Å²) in [7, 11) is -2.80. The van der Waals surface area contributed by atoms with Crippen molar-refractivity contribution >= 4 is 30.0 Å². The number of anilines is 1. The highest BCUT2D eigenvalue weighted by molar-refractivity contribution is 6.99. The smallest absolute Gasteiger partial charge is 0.261 e. The number of H-pyrrole nitrogens is 1. The fourth-order valence-corrected chi connectivity index (χ4v) is 14.3. The number of aryl methyl sites for hydroxylation is 1. The molecule has 6 heterocycles. The van der Waals surface area contributed by atoms with Crippen molar-refractivity contribution in [3.8, 4) is 0 Å². The third-order valence-corrected chi connectivity index (χ3v) is 17.2. The lowest BCUT2D eigenvalue weighted by molar-refractivity contribution is -0.0695. The highest BCUT2D eigenvalue weighted by Gasteiger charge is 2.75. The molecule has 3 aromatic heterocycles. The van der Waals surface area contributed by atoms with E-state index in [4.69, 9.17) is 19.2 Å². The molecule has 3 aliphatic heterocycles. The van der Waals surface area contributed by atoms with Crippen molar-refractivity contribution in [3.05, 3.63) is 126 Å². The second kappa shape index (κ2) is 11.9. The van der Waals surface area contributed by atoms with Crippen molar-refractivity contribution in [2.24, 2.45) is 5.41 Å². The van der Waals surface area contributed by atoms with Crippen LogP contribution in [-0.4, -0.2) is 69.8 Å². The third-order valence-electron chi connectivity index (χ3n) is 12.2. The molecule has 3 unspecified atom stereocenters. The van der Waals surface area contributed by atoms with Crippen molar-refractivity contribution in [3.63, 3.8) is 0 Å². The number of rotatable bonds is 9. The molecule has 6 aromatic rings. The van der Waals surface area contributed by atoms with E-state index in [0.717, 1.165) is 36.4 Å². The van der Waals surface area contributed by atoms with Crippen molar-refractivity contribution in [1.29, 1.82) is 0 Å². The van der Waals surface area contributed by atoms with Gasteiger partial charge in [0.15, 0.2) is 17.3 Å². The predicted octanol–water partition coefficient (Wildman–Crippen LogP) is 5.69. The largest absolute Gasteiger partial charge is 0.407 e. The van der Waals surface area contributed by atoms with Gasteiger partial charge in [-0.25, -0.2) is 9.50 Å². The van der Waals surface area contributed by atoms with E-state index in [-0.39, 0.29) is 21.8 Å². The zero-order valence-corrected chi connectivity index (χ0v) is 31.6. The van der Waals surface area contributed by atoms with E-state index in [1.54, 1.807) is 0 Å². The summed E-state index contributed by atoms with van der Waals surface area (Å²) < 4.78 is 16.3. The molecule has 10 nitrogen and oxygen atoms in total. The molecule has 1 N–H and O–H groups in total. The van der Waals surface area contributed by atoms with Crippen LogP contribution in [0.15, 0.2) is 103 Å². The van der Waals surface area contributed by atoms with Gasteiger partial charge in [-0.1, -0.05) is 124 Å². The van der Waals surface area contributed by atoms with E-state index in [0.29, 0.717) is 31.3 Å². The lowest BCUT2D eigenvalue weighted by Gasteiger charge is -2.52. The zero-order valence-electron chi connectivity index (χ0n) is 30.6. The van der Waals surface area contributed by atoms with Crippen molar-refractivity contribution in [1.82, 2.24) is 35.2 Å². The second-order valence-corrected chi connectivity index (χ2v) is 20.9. The summed E-state index contributed by atoms with van der Waals surface area (Å²) >= 11 is 0. The van der Waals surface area contributed by atoms with E-state index in [1.807, 2.05) is 4.52 Å². The molecule has 0 amide bonds. The SMILES string of the molecule is Cc1cc(N2CC[C@](C)(c3ccccc3)C2)cn2nc(C34CC(CO[Si](c5ccccc5)(c5ccccc5)C(C)(C)C)(CO3)C4c3nn[nH]n3)nc12. The van der Waals surface area contributed by atoms with E-state index >= 15 is 0 Å². The number of aromatic nitrogens is 7. The van der Waals surface area contributed by atoms with Crippen LogP contribution in [-0.2, 0) is 20.2 Å². The van der Waals surface area contributed by atoms with Gasteiger partial charge in [-0.2, -0.15) is 5.21 Å². The van der Waals surface area contributed by atoms with Crippen LogP contribution in [0.2, 0.25) is 5.04 Å². The average Bonchev–Trinajstić information content (AvgIpc) is 3.99. The van der Waals surface area contributed by atoms with Crippen LogP contribution in [0, 0.1) is 12.3 Å². The number of hydrogen-bond donors (Lipinski definition) is 1. The molecule has 52 heavy (non-hydrogen) atoms. The molecule has 4 aliphatic rings. The first-order valence-electron chi connectivity index (χ1n) is 18.4. The molecule has 11 heteroatoms. The van der Waals surface area contributed by atoms with Crippen LogP contribution < -0.4 is 15.3 Å². The fraction of sp³-hybridized carbons (Fsp3) is 0.390. The Hall–Kier alpha value is -4.71. The molecule has 0 radical (unpaired) electrons. The lowest BCUT2D eigenvalue weighted by atomic mass is 9.53. The van der Waals surface area contributed by atoms with Crippen LogP contribution in [0.5, 0.6) is 0 Å². The maximum atomic E-state index is 7.52. The van der Waals surface area contributed by atoms with Gasteiger partial charge >= 0.3 is 0 Å². The Labute approximate surface area is 305 Å². The molecule has 1 aliphatic carbocycles. The first-order chi connectivity index (χ1) is 25.1. The van der Waals surface area contributed by atoms with Gasteiger partial charge in [0.2, 0.25) is 0 Å². The highest BCUT2D eigenvalue weighted by atomic mass is 28.4. The van der Waals surface area contributed by atoms with Gasteiger partial charge in [0.1, 0.15) is 5.60 Å². The molecule has 1 saturated carbocycles. The number of nitrogens with zero attached hydrogens (tertiary/aromatic N) is 7. The second-order valence-electron chi connectivity index (χ2n) is 16.6. The molecule has 3 aromatic carbocycles. The van der Waals surface area contributed by atoms with E-state index in [2.05, 4.69) is 163 Å². The number of benzene rings is 3. The monoisotopic (exact) mass is 710 g/mol. The molecular formula is C41H46N8O2Si. The normalized spacial score (nSPS) is 25.9. The summed E-state index contributed by atoms with van der Waals surface area (Å²) in [4.78, 5) is 7.65. The van der Waals surface area contributed by atoms with Crippen molar-refractivity contribution in [2.75, 3.05) is 31.2 Å². The highest BCUT2D eigenvalue weighted by Crippen LogP contribution is 2.70. The Morgan fingerprint density at radius 3 is 2.27 bits per heavy atom. The van der Waals surface area contributed by atoms with E-state index in [9.17, 15) is 0 Å². The third kappa shape index (κ3) is 4.93. The topological polar surface area (TPSA) is 106 Å². The molecule has 266 valence electrons. The van der Waals surface area contributed by atoms with E-state index in [1.165, 1.54) is 15.9 Å². The first-order valence-corrected chi connectivity index (χ1v) is 20.3. The van der Waals surface area contributed by atoms with E-state index < -0.39 is 13.9 Å². The van der Waals surface area contributed by atoms with Gasteiger partial charge in [0.05, 0.1) is 24.4 Å². The number of aromatic amines is 1. The summed E-state index contributed by atoms with van der Waals surface area (Å²) in [6.45, 7) is 14.3. The molecule has 10 rings (SSSR count). The zero-order chi connectivity index (χ0) is 35.8. The van der Waals surface area contributed by atoms with Gasteiger partial charge in [-0.3, -0.25) is 0 Å². The quantitative estimate of drug-likeness (QED) is 0.191. The number of pyridine rings is 1. The Morgan fingerprint density at radius 2 is 1.63 bits per heavy atom. The van der Waals surface area contributed by atoms with Crippen LogP contribution >= 0.6 is 0 Å². The minimum atomic E-state index is -2.80. The number of tetrazole rings is 1. The Balaban J connectivity index is 1.05. The van der Waals surface area contributed by atoms with Gasteiger partial charge in [0.25, 0.3) is 8.32 Å². The molecule has 3 saturated heterocycles. The average molecular weight is 711 g/mol. The van der Waals surface area contributed by atoms with Gasteiger partial charge in [-0.05, 0) is 52.4 Å². The number of nitrogens with one attached hydrogen (secondary N) is 1.